The van der Waals surface area contributed by atoms with Crippen LogP contribution < -0.4 is 5.56 Å². The minimum absolute atomic E-state index is 0.143. The monoisotopic (exact) mass is 335 g/mol. The molecule has 15 heavy (non-hydrogen) atoms. The first-order chi connectivity index (χ1) is 7.18. The highest BCUT2D eigenvalue weighted by molar-refractivity contribution is 14.1. The molecule has 0 spiro atoms. The van der Waals surface area contributed by atoms with E-state index in [1.165, 1.54) is 18.1 Å². The lowest BCUT2D eigenvalue weighted by Gasteiger charge is -2.00. The Morgan fingerprint density at radius 1 is 1.60 bits per heavy atom. The standard InChI is InChI=1S/C7H6IN5OS/c1-13-3-11-12-7(13)15-6-4(8)5(14)9-2-10-6/h2-3H,1H3,(H,9,10,14). The van der Waals surface area contributed by atoms with Crippen molar-refractivity contribution in [3.05, 3.63) is 26.6 Å². The Morgan fingerprint density at radius 3 is 3.07 bits per heavy atom. The van der Waals surface area contributed by atoms with Gasteiger partial charge in [0.05, 0.1) is 6.33 Å². The van der Waals surface area contributed by atoms with Crippen LogP contribution in [0.3, 0.4) is 0 Å². The number of hydrogen-bond acceptors (Lipinski definition) is 5. The third-order valence-electron chi connectivity index (χ3n) is 1.62. The van der Waals surface area contributed by atoms with E-state index in [9.17, 15) is 4.79 Å². The van der Waals surface area contributed by atoms with E-state index in [1.807, 2.05) is 29.6 Å². The van der Waals surface area contributed by atoms with Gasteiger partial charge in [0.1, 0.15) is 14.9 Å². The Kier molecular flexibility index (Phi) is 3.05. The van der Waals surface area contributed by atoms with Crippen molar-refractivity contribution in [3.8, 4) is 0 Å². The van der Waals surface area contributed by atoms with Gasteiger partial charge >= 0.3 is 0 Å². The molecular formula is C7H6IN5OS. The van der Waals surface area contributed by atoms with E-state index < -0.39 is 0 Å². The smallest absolute Gasteiger partial charge is 0.265 e. The molecule has 0 atom stereocenters. The summed E-state index contributed by atoms with van der Waals surface area (Å²) in [6, 6.07) is 0. The SMILES string of the molecule is Cn1cnnc1Sc1nc[nH]c(=O)c1I. The minimum atomic E-state index is -0.143. The highest BCUT2D eigenvalue weighted by Crippen LogP contribution is 2.25. The number of hydrogen-bond donors (Lipinski definition) is 1. The zero-order valence-corrected chi connectivity index (χ0v) is 10.6. The lowest BCUT2D eigenvalue weighted by atomic mass is 10.7. The molecular weight excluding hydrogens is 329 g/mol. The number of rotatable bonds is 2. The van der Waals surface area contributed by atoms with Gasteiger partial charge in [0, 0.05) is 7.05 Å². The average Bonchev–Trinajstić information content (AvgIpc) is 2.60. The van der Waals surface area contributed by atoms with Gasteiger partial charge in [0.25, 0.3) is 5.56 Å². The van der Waals surface area contributed by atoms with Crippen LogP contribution in [0.4, 0.5) is 0 Å². The molecule has 0 saturated carbocycles. The van der Waals surface area contributed by atoms with E-state index in [0.29, 0.717) is 13.8 Å². The number of aromatic nitrogens is 5. The summed E-state index contributed by atoms with van der Waals surface area (Å²) in [6.07, 6.45) is 2.98. The molecule has 0 aliphatic carbocycles. The summed E-state index contributed by atoms with van der Waals surface area (Å²) in [5.74, 6) is 0. The van der Waals surface area contributed by atoms with Crippen LogP contribution in [0, 0.1) is 3.57 Å². The Labute approximate surface area is 103 Å². The van der Waals surface area contributed by atoms with Gasteiger partial charge in [-0.2, -0.15) is 0 Å². The molecule has 0 fully saturated rings. The Hall–Kier alpha value is -0.900. The molecule has 78 valence electrons. The van der Waals surface area contributed by atoms with Crippen molar-refractivity contribution >= 4 is 34.4 Å². The molecule has 2 rings (SSSR count). The molecule has 0 saturated heterocycles. The molecule has 6 nitrogen and oxygen atoms in total. The van der Waals surface area contributed by atoms with E-state index in [2.05, 4.69) is 20.2 Å². The van der Waals surface area contributed by atoms with Crippen LogP contribution in [-0.2, 0) is 7.05 Å². The highest BCUT2D eigenvalue weighted by Gasteiger charge is 2.10. The van der Waals surface area contributed by atoms with Gasteiger partial charge in [-0.15, -0.1) is 10.2 Å². The largest absolute Gasteiger partial charge is 0.312 e. The summed E-state index contributed by atoms with van der Waals surface area (Å²) in [4.78, 5) is 17.9. The quantitative estimate of drug-likeness (QED) is 0.644. The van der Waals surface area contributed by atoms with Crippen LogP contribution in [0.5, 0.6) is 0 Å². The first-order valence-corrected chi connectivity index (χ1v) is 5.83. The molecule has 8 heteroatoms. The second-order valence-corrected chi connectivity index (χ2v) is 4.71. The maximum atomic E-state index is 11.3. The number of aromatic amines is 1. The van der Waals surface area contributed by atoms with E-state index in [1.54, 1.807) is 10.9 Å². The first kappa shape index (κ1) is 10.6. The van der Waals surface area contributed by atoms with Gasteiger partial charge in [0.15, 0.2) is 5.16 Å². The summed E-state index contributed by atoms with van der Waals surface area (Å²) in [5.41, 5.74) is -0.143. The van der Waals surface area contributed by atoms with Crippen molar-refractivity contribution in [1.29, 1.82) is 0 Å². The van der Waals surface area contributed by atoms with Gasteiger partial charge in [-0.3, -0.25) is 4.79 Å². The van der Waals surface area contributed by atoms with Crippen molar-refractivity contribution in [2.75, 3.05) is 0 Å². The van der Waals surface area contributed by atoms with Crippen LogP contribution >= 0.6 is 34.4 Å². The van der Waals surface area contributed by atoms with E-state index in [-0.39, 0.29) is 5.56 Å². The van der Waals surface area contributed by atoms with E-state index in [4.69, 9.17) is 0 Å². The summed E-state index contributed by atoms with van der Waals surface area (Å²) in [5, 5.41) is 8.98. The number of H-pyrrole nitrogens is 1. The Balaban J connectivity index is 2.37. The van der Waals surface area contributed by atoms with Crippen molar-refractivity contribution in [2.45, 2.75) is 10.2 Å². The maximum absolute atomic E-state index is 11.3. The van der Waals surface area contributed by atoms with Gasteiger partial charge in [-0.05, 0) is 34.4 Å². The molecule has 0 aromatic carbocycles. The Morgan fingerprint density at radius 2 is 2.40 bits per heavy atom. The third kappa shape index (κ3) is 2.20. The molecule has 0 aliphatic rings. The van der Waals surface area contributed by atoms with E-state index >= 15 is 0 Å². The van der Waals surface area contributed by atoms with Crippen LogP contribution in [0.2, 0.25) is 0 Å². The molecule has 2 aromatic heterocycles. The van der Waals surface area contributed by atoms with Crippen LogP contribution in [0.25, 0.3) is 0 Å². The molecule has 0 unspecified atom stereocenters. The minimum Gasteiger partial charge on any atom is -0.312 e. The van der Waals surface area contributed by atoms with Gasteiger partial charge < -0.3 is 9.55 Å². The highest BCUT2D eigenvalue weighted by atomic mass is 127. The zero-order chi connectivity index (χ0) is 10.8. The number of aryl methyl sites for hydroxylation is 1. The second-order valence-electron chi connectivity index (χ2n) is 2.68. The molecule has 2 heterocycles. The number of nitrogens with zero attached hydrogens (tertiary/aromatic N) is 4. The molecule has 0 radical (unpaired) electrons. The summed E-state index contributed by atoms with van der Waals surface area (Å²) < 4.78 is 2.33. The molecule has 0 bridgehead atoms. The van der Waals surface area contributed by atoms with Gasteiger partial charge in [-0.1, -0.05) is 0 Å². The predicted molar refractivity (Wildman–Crippen MR) is 62.7 cm³/mol. The van der Waals surface area contributed by atoms with Gasteiger partial charge in [-0.25, -0.2) is 4.98 Å². The van der Waals surface area contributed by atoms with Gasteiger partial charge in [0.2, 0.25) is 0 Å². The second kappa shape index (κ2) is 4.31. The Bertz CT molecular complexity index is 536. The van der Waals surface area contributed by atoms with Crippen LogP contribution in [0.1, 0.15) is 0 Å². The molecule has 1 N–H and O–H groups in total. The average molecular weight is 335 g/mol. The molecule has 0 aliphatic heterocycles. The van der Waals surface area contributed by atoms with Crippen molar-refractivity contribution in [2.24, 2.45) is 7.05 Å². The third-order valence-corrected chi connectivity index (χ3v) is 4.04. The topological polar surface area (TPSA) is 76.5 Å². The lowest BCUT2D eigenvalue weighted by Crippen LogP contribution is -2.11. The van der Waals surface area contributed by atoms with Crippen LogP contribution in [0.15, 0.2) is 27.6 Å². The summed E-state index contributed by atoms with van der Waals surface area (Å²) in [6.45, 7) is 0. The first-order valence-electron chi connectivity index (χ1n) is 3.93. The van der Waals surface area contributed by atoms with E-state index in [0.717, 1.165) is 0 Å². The normalized spacial score (nSPS) is 10.5. The fourth-order valence-electron chi connectivity index (χ4n) is 0.889. The predicted octanol–water partition coefficient (Wildman–Crippen LogP) is 0.654. The summed E-state index contributed by atoms with van der Waals surface area (Å²) >= 11 is 3.27. The lowest BCUT2D eigenvalue weighted by molar-refractivity contribution is 0.786. The fourth-order valence-corrected chi connectivity index (χ4v) is 2.25. The van der Waals surface area contributed by atoms with Crippen molar-refractivity contribution < 1.29 is 0 Å². The summed E-state index contributed by atoms with van der Waals surface area (Å²) in [7, 11) is 1.84. The number of halogens is 1. The van der Waals surface area contributed by atoms with Crippen molar-refractivity contribution in [1.82, 2.24) is 24.7 Å². The van der Waals surface area contributed by atoms with Crippen LogP contribution in [-0.4, -0.2) is 24.7 Å². The molecule has 2 aromatic rings. The maximum Gasteiger partial charge on any atom is 0.265 e. The van der Waals surface area contributed by atoms with Crippen molar-refractivity contribution in [3.63, 3.8) is 0 Å². The zero-order valence-electron chi connectivity index (χ0n) is 7.64. The fraction of sp³-hybridized carbons (Fsp3) is 0.143. The number of nitrogens with one attached hydrogen (secondary N) is 1. The molecule has 0 amide bonds.